The lowest BCUT2D eigenvalue weighted by molar-refractivity contribution is 0.332. The molecule has 0 atom stereocenters. The Morgan fingerprint density at radius 1 is 0.514 bits per heavy atom. The molecule has 8 aromatic carbocycles. The number of thiophene rings is 1. The number of aryl methyl sites for hydroxylation is 1. The maximum Gasteiger partial charge on any atom is 0.264 e. The first-order chi connectivity index (χ1) is 34.4. The number of nitrogens with zero attached hydrogens (tertiary/aromatic N) is 2. The number of fused-ring (bicyclic) bond motifs is 7. The standard InChI is InChI=1S/C68H67BN2S/c1-43-37-58-62-59(38-43)71(56-34-30-49(66(5,6)7)40-51(56)44-21-15-12-16-22-44)57-39-47(61(45-23-17-13-18-24-45)46-25-19-14-20-26-46)27-33-55(57)69(62)64-63(70(58)50-31-28-48(29-32-50)65(2,3)4)52-41-53-54(42-60(52)72-64)68(10,11)36-35-67(53,8)9/h12-34,37-42,61H,35-36H2,1-11H3. The molecule has 0 bridgehead atoms. The summed E-state index contributed by atoms with van der Waals surface area (Å²) in [4.78, 5) is 5.32. The lowest BCUT2D eigenvalue weighted by Gasteiger charge is -2.44. The minimum Gasteiger partial charge on any atom is -0.311 e. The fraction of sp³-hybridized carbons (Fsp3) is 0.265. The topological polar surface area (TPSA) is 6.48 Å². The zero-order valence-electron chi connectivity index (χ0n) is 44.1. The monoisotopic (exact) mass is 955 g/mol. The Morgan fingerprint density at radius 3 is 1.67 bits per heavy atom. The SMILES string of the molecule is Cc1cc2c3c(c1)N(c1ccc(C(C)(C)C)cc1)c1c(sc4cc5c(cc14)C(C)(C)CCC5(C)C)B3c1ccc(C(c3ccccc3)c3ccccc3)cc1N2c1ccc(C(C)(C)C)cc1-c1ccccc1. The highest BCUT2D eigenvalue weighted by Gasteiger charge is 2.47. The summed E-state index contributed by atoms with van der Waals surface area (Å²) in [5.74, 6) is 0.0433. The van der Waals surface area contributed by atoms with Crippen LogP contribution in [0.25, 0.3) is 21.2 Å². The van der Waals surface area contributed by atoms with E-state index in [1.807, 2.05) is 11.3 Å². The summed E-state index contributed by atoms with van der Waals surface area (Å²) >= 11 is 2.03. The zero-order valence-corrected chi connectivity index (χ0v) is 44.9. The fourth-order valence-electron chi connectivity index (χ4n) is 12.4. The molecule has 2 aliphatic heterocycles. The Hall–Kier alpha value is -6.62. The highest BCUT2D eigenvalue weighted by atomic mass is 32.1. The molecule has 1 aliphatic carbocycles. The summed E-state index contributed by atoms with van der Waals surface area (Å²) in [5.41, 5.74) is 23.6. The quantitative estimate of drug-likeness (QED) is 0.121. The van der Waals surface area contributed by atoms with Gasteiger partial charge in [-0.05, 0) is 157 Å². The fourth-order valence-corrected chi connectivity index (χ4v) is 13.8. The molecule has 0 unspecified atom stereocenters. The smallest absolute Gasteiger partial charge is 0.264 e. The molecule has 0 saturated heterocycles. The van der Waals surface area contributed by atoms with Crippen molar-refractivity contribution in [3.05, 3.63) is 220 Å². The van der Waals surface area contributed by atoms with Crippen LogP contribution in [0.1, 0.15) is 133 Å². The zero-order chi connectivity index (χ0) is 50.1. The summed E-state index contributed by atoms with van der Waals surface area (Å²) in [6, 6.07) is 67.8. The van der Waals surface area contributed by atoms with E-state index in [-0.39, 0.29) is 34.3 Å². The first-order valence-electron chi connectivity index (χ1n) is 26.3. The number of hydrogen-bond donors (Lipinski definition) is 0. The van der Waals surface area contributed by atoms with Crippen molar-refractivity contribution in [1.82, 2.24) is 0 Å². The molecule has 0 radical (unpaired) electrons. The summed E-state index contributed by atoms with van der Waals surface area (Å²) in [7, 11) is 0. The van der Waals surface area contributed by atoms with Crippen molar-refractivity contribution in [2.24, 2.45) is 0 Å². The Morgan fingerprint density at radius 2 is 1.07 bits per heavy atom. The summed E-state index contributed by atoms with van der Waals surface area (Å²) < 4.78 is 2.80. The van der Waals surface area contributed by atoms with Crippen LogP contribution in [-0.2, 0) is 21.7 Å². The van der Waals surface area contributed by atoms with Crippen LogP contribution >= 0.6 is 11.3 Å². The predicted molar refractivity (Wildman–Crippen MR) is 313 cm³/mol. The average Bonchev–Trinajstić information content (AvgIpc) is 3.73. The van der Waals surface area contributed by atoms with Gasteiger partial charge in [0, 0.05) is 49.1 Å². The molecular weight excluding hydrogens is 888 g/mol. The maximum absolute atomic E-state index is 2.66. The molecular formula is C68H67BN2S. The number of anilines is 6. The van der Waals surface area contributed by atoms with E-state index in [9.17, 15) is 0 Å². The van der Waals surface area contributed by atoms with Gasteiger partial charge >= 0.3 is 0 Å². The van der Waals surface area contributed by atoms with E-state index in [1.165, 1.54) is 128 Å². The van der Waals surface area contributed by atoms with Crippen molar-refractivity contribution in [3.63, 3.8) is 0 Å². The highest BCUT2D eigenvalue weighted by Crippen LogP contribution is 2.54. The van der Waals surface area contributed by atoms with Gasteiger partial charge in [0.25, 0.3) is 6.71 Å². The van der Waals surface area contributed by atoms with Gasteiger partial charge in [0.1, 0.15) is 0 Å². The summed E-state index contributed by atoms with van der Waals surface area (Å²) in [6.45, 7) is 26.1. The molecule has 1 aromatic heterocycles. The molecule has 358 valence electrons. The maximum atomic E-state index is 2.66. The van der Waals surface area contributed by atoms with E-state index in [0.29, 0.717) is 0 Å². The second kappa shape index (κ2) is 16.7. The summed E-state index contributed by atoms with van der Waals surface area (Å²) in [6.07, 6.45) is 2.36. The van der Waals surface area contributed by atoms with Gasteiger partial charge in [-0.3, -0.25) is 0 Å². The molecule has 0 N–H and O–H groups in total. The Labute approximate surface area is 433 Å². The number of rotatable bonds is 6. The van der Waals surface area contributed by atoms with Gasteiger partial charge in [-0.2, -0.15) is 0 Å². The predicted octanol–water partition coefficient (Wildman–Crippen LogP) is 17.1. The van der Waals surface area contributed by atoms with Gasteiger partial charge in [0.05, 0.1) is 11.4 Å². The molecule has 0 spiro atoms. The first-order valence-corrected chi connectivity index (χ1v) is 27.1. The van der Waals surface area contributed by atoms with E-state index >= 15 is 0 Å². The molecule has 0 fully saturated rings. The lowest BCUT2D eigenvalue weighted by atomic mass is 9.36. The van der Waals surface area contributed by atoms with Crippen molar-refractivity contribution in [2.45, 2.75) is 117 Å². The highest BCUT2D eigenvalue weighted by molar-refractivity contribution is 7.33. The molecule has 4 heteroatoms. The van der Waals surface area contributed by atoms with E-state index in [2.05, 4.69) is 262 Å². The number of hydrogen-bond acceptors (Lipinski definition) is 3. The van der Waals surface area contributed by atoms with Crippen molar-refractivity contribution in [3.8, 4) is 11.1 Å². The molecule has 0 amide bonds. The Kier molecular flexibility index (Phi) is 10.8. The van der Waals surface area contributed by atoms with Crippen molar-refractivity contribution in [1.29, 1.82) is 0 Å². The van der Waals surface area contributed by atoms with Gasteiger partial charge in [-0.15, -0.1) is 11.3 Å². The molecule has 9 aromatic rings. The second-order valence-corrected chi connectivity index (χ2v) is 25.6. The molecule has 12 rings (SSSR count). The third kappa shape index (κ3) is 7.58. The molecule has 0 saturated carbocycles. The largest absolute Gasteiger partial charge is 0.311 e. The van der Waals surface area contributed by atoms with Crippen LogP contribution < -0.4 is 25.5 Å². The van der Waals surface area contributed by atoms with Crippen LogP contribution in [0.4, 0.5) is 34.1 Å². The van der Waals surface area contributed by atoms with Gasteiger partial charge < -0.3 is 9.80 Å². The van der Waals surface area contributed by atoms with Crippen LogP contribution in [-0.4, -0.2) is 6.71 Å². The van der Waals surface area contributed by atoms with Crippen molar-refractivity contribution >= 4 is 78.0 Å². The Bertz CT molecular complexity index is 3510. The van der Waals surface area contributed by atoms with Gasteiger partial charge in [0.2, 0.25) is 0 Å². The van der Waals surface area contributed by atoms with Crippen LogP contribution in [0.5, 0.6) is 0 Å². The molecule has 72 heavy (non-hydrogen) atoms. The minimum atomic E-state index is -0.0362. The van der Waals surface area contributed by atoms with Crippen LogP contribution in [0.3, 0.4) is 0 Å². The van der Waals surface area contributed by atoms with E-state index in [0.717, 1.165) is 0 Å². The first kappa shape index (κ1) is 46.5. The number of benzene rings is 8. The van der Waals surface area contributed by atoms with Crippen LogP contribution in [0.2, 0.25) is 0 Å². The van der Waals surface area contributed by atoms with Crippen molar-refractivity contribution in [2.75, 3.05) is 9.80 Å². The van der Waals surface area contributed by atoms with Crippen LogP contribution in [0, 0.1) is 6.92 Å². The van der Waals surface area contributed by atoms with Gasteiger partial charge in [0.15, 0.2) is 0 Å². The second-order valence-electron chi connectivity index (χ2n) is 24.5. The third-order valence-corrected chi connectivity index (χ3v) is 17.8. The van der Waals surface area contributed by atoms with Crippen LogP contribution in [0.15, 0.2) is 176 Å². The summed E-state index contributed by atoms with van der Waals surface area (Å²) in [5, 5.41) is 1.37. The third-order valence-electron chi connectivity index (χ3n) is 16.6. The van der Waals surface area contributed by atoms with Crippen molar-refractivity contribution < 1.29 is 0 Å². The molecule has 3 aliphatic rings. The van der Waals surface area contributed by atoms with E-state index in [1.54, 1.807) is 0 Å². The van der Waals surface area contributed by atoms with E-state index < -0.39 is 0 Å². The Balaban J connectivity index is 1.20. The molecule has 2 nitrogen and oxygen atoms in total. The normalized spacial score (nSPS) is 15.6. The van der Waals surface area contributed by atoms with E-state index in [4.69, 9.17) is 0 Å². The minimum absolute atomic E-state index is 0.00683. The molecule has 3 heterocycles. The van der Waals surface area contributed by atoms with Gasteiger partial charge in [-0.1, -0.05) is 191 Å². The lowest BCUT2D eigenvalue weighted by Crippen LogP contribution is -2.60. The average molecular weight is 955 g/mol. The van der Waals surface area contributed by atoms with Gasteiger partial charge in [-0.25, -0.2) is 0 Å².